The lowest BCUT2D eigenvalue weighted by Crippen LogP contribution is -2.49. The second kappa shape index (κ2) is 10.9. The molecule has 1 heterocycles. The molecule has 2 atom stereocenters. The largest absolute Gasteiger partial charge is 0.326 e. The van der Waals surface area contributed by atoms with Crippen LogP contribution < -0.4 is 16.0 Å². The number of nitrogens with one attached hydrogen (secondary N) is 3. The summed E-state index contributed by atoms with van der Waals surface area (Å²) < 4.78 is 0. The lowest BCUT2D eigenvalue weighted by molar-refractivity contribution is -0.119. The van der Waals surface area contributed by atoms with E-state index in [1.165, 1.54) is 11.3 Å². The topological polar surface area (TPSA) is 96.0 Å². The Hall–Kier alpha value is -2.91. The summed E-state index contributed by atoms with van der Waals surface area (Å²) in [5.74, 6) is -0.385. The number of amides is 3. The van der Waals surface area contributed by atoms with Crippen LogP contribution in [0.3, 0.4) is 0 Å². The van der Waals surface area contributed by atoms with Gasteiger partial charge in [-0.3, -0.25) is 10.1 Å². The first-order chi connectivity index (χ1) is 15.0. The molecule has 31 heavy (non-hydrogen) atoms. The molecule has 0 aliphatic carbocycles. The second-order valence-corrected chi connectivity index (χ2v) is 8.81. The molecule has 0 aliphatic rings. The van der Waals surface area contributed by atoms with Gasteiger partial charge >= 0.3 is 6.03 Å². The third-order valence-electron chi connectivity index (χ3n) is 4.81. The first-order valence-corrected chi connectivity index (χ1v) is 12.0. The maximum absolute atomic E-state index is 12.9. The van der Waals surface area contributed by atoms with Gasteiger partial charge < -0.3 is 10.6 Å². The zero-order chi connectivity index (χ0) is 22.2. The molecule has 162 valence electrons. The summed E-state index contributed by atoms with van der Waals surface area (Å²) in [7, 11) is 0. The van der Waals surface area contributed by atoms with Crippen molar-refractivity contribution in [3.8, 4) is 10.6 Å². The van der Waals surface area contributed by atoms with Gasteiger partial charge in [0.15, 0.2) is 0 Å². The van der Waals surface area contributed by atoms with E-state index >= 15 is 0 Å². The van der Waals surface area contributed by atoms with Crippen LogP contribution in [-0.2, 0) is 4.79 Å². The number of aromatic nitrogens is 2. The summed E-state index contributed by atoms with van der Waals surface area (Å²) in [6.45, 7) is 3.90. The average molecular weight is 456 g/mol. The number of carbonyl (C=O) groups excluding carboxylic acids is 2. The Balaban J connectivity index is 1.65. The van der Waals surface area contributed by atoms with Crippen LogP contribution in [0.2, 0.25) is 0 Å². The van der Waals surface area contributed by atoms with Crippen LogP contribution in [0.15, 0.2) is 59.5 Å². The maximum atomic E-state index is 12.9. The van der Waals surface area contributed by atoms with E-state index < -0.39 is 12.1 Å². The molecule has 3 N–H and O–H groups in total. The third-order valence-corrected chi connectivity index (χ3v) is 6.44. The van der Waals surface area contributed by atoms with E-state index in [4.69, 9.17) is 0 Å². The van der Waals surface area contributed by atoms with Crippen molar-refractivity contribution < 1.29 is 9.59 Å². The molecule has 9 heteroatoms. The first-order valence-electron chi connectivity index (χ1n) is 9.91. The minimum Gasteiger partial charge on any atom is -0.326 e. The molecule has 2 unspecified atom stereocenters. The highest BCUT2D eigenvalue weighted by Gasteiger charge is 2.27. The molecule has 0 saturated heterocycles. The highest BCUT2D eigenvalue weighted by atomic mass is 32.2. The highest BCUT2D eigenvalue weighted by Crippen LogP contribution is 2.26. The first kappa shape index (κ1) is 22.8. The SMILES string of the molecule is CCC(C)C(NC(=O)Nc1ccc(SC)cc1)C(=O)Nc1nnc(-c2ccccc2)s1. The summed E-state index contributed by atoms with van der Waals surface area (Å²) in [5.41, 5.74) is 1.60. The second-order valence-electron chi connectivity index (χ2n) is 6.96. The van der Waals surface area contributed by atoms with Gasteiger partial charge in [0.25, 0.3) is 0 Å². The fourth-order valence-corrected chi connectivity index (χ4v) is 4.00. The third kappa shape index (κ3) is 6.28. The average Bonchev–Trinajstić information content (AvgIpc) is 3.26. The van der Waals surface area contributed by atoms with Crippen molar-refractivity contribution >= 4 is 45.9 Å². The number of hydrogen-bond acceptors (Lipinski definition) is 6. The Morgan fingerprint density at radius 2 is 1.74 bits per heavy atom. The molecule has 0 spiro atoms. The van der Waals surface area contributed by atoms with Crippen molar-refractivity contribution in [2.24, 2.45) is 5.92 Å². The minimum atomic E-state index is -0.709. The van der Waals surface area contributed by atoms with Crippen LogP contribution in [-0.4, -0.2) is 34.4 Å². The monoisotopic (exact) mass is 455 g/mol. The van der Waals surface area contributed by atoms with Crippen molar-refractivity contribution in [2.45, 2.75) is 31.2 Å². The van der Waals surface area contributed by atoms with Gasteiger partial charge in [-0.15, -0.1) is 22.0 Å². The zero-order valence-corrected chi connectivity index (χ0v) is 19.2. The number of hydrogen-bond donors (Lipinski definition) is 3. The molecule has 3 aromatic rings. The molecular weight excluding hydrogens is 430 g/mol. The van der Waals surface area contributed by atoms with Gasteiger partial charge in [0, 0.05) is 16.1 Å². The van der Waals surface area contributed by atoms with Crippen molar-refractivity contribution in [2.75, 3.05) is 16.9 Å². The standard InChI is InChI=1S/C22H25N5O2S2/c1-4-14(2)18(24-21(29)23-16-10-12-17(30-3)13-11-16)19(28)25-22-27-26-20(31-22)15-8-6-5-7-9-15/h5-14,18H,4H2,1-3H3,(H2,23,24,29)(H,25,27,28). The van der Waals surface area contributed by atoms with Gasteiger partial charge in [-0.2, -0.15) is 0 Å². The summed E-state index contributed by atoms with van der Waals surface area (Å²) in [6, 6.07) is 16.0. The van der Waals surface area contributed by atoms with Crippen molar-refractivity contribution in [3.05, 3.63) is 54.6 Å². The maximum Gasteiger partial charge on any atom is 0.319 e. The van der Waals surface area contributed by atoms with Crippen molar-refractivity contribution in [1.82, 2.24) is 15.5 Å². The Labute approximate surface area is 190 Å². The van der Waals surface area contributed by atoms with Crippen LogP contribution in [0.4, 0.5) is 15.6 Å². The molecule has 0 fully saturated rings. The molecule has 2 aromatic carbocycles. The number of nitrogens with zero attached hydrogens (tertiary/aromatic N) is 2. The van der Waals surface area contributed by atoms with E-state index in [-0.39, 0.29) is 11.8 Å². The Bertz CT molecular complexity index is 1010. The van der Waals surface area contributed by atoms with Crippen LogP contribution in [0.5, 0.6) is 0 Å². The van der Waals surface area contributed by atoms with E-state index in [9.17, 15) is 9.59 Å². The van der Waals surface area contributed by atoms with Crippen molar-refractivity contribution in [3.63, 3.8) is 0 Å². The van der Waals surface area contributed by atoms with Crippen LogP contribution >= 0.6 is 23.1 Å². The van der Waals surface area contributed by atoms with E-state index in [2.05, 4.69) is 26.1 Å². The molecule has 3 amide bonds. The molecule has 0 radical (unpaired) electrons. The van der Waals surface area contributed by atoms with Crippen LogP contribution in [0, 0.1) is 5.92 Å². The Morgan fingerprint density at radius 1 is 1.03 bits per heavy atom. The van der Waals surface area contributed by atoms with Crippen LogP contribution in [0.25, 0.3) is 10.6 Å². The van der Waals surface area contributed by atoms with Gasteiger partial charge in [-0.1, -0.05) is 61.9 Å². The number of benzene rings is 2. The molecular formula is C22H25N5O2S2. The smallest absolute Gasteiger partial charge is 0.319 e. The summed E-state index contributed by atoms with van der Waals surface area (Å²) in [4.78, 5) is 26.5. The summed E-state index contributed by atoms with van der Waals surface area (Å²) >= 11 is 2.92. The van der Waals surface area contributed by atoms with Crippen LogP contribution in [0.1, 0.15) is 20.3 Å². The number of carbonyl (C=O) groups is 2. The highest BCUT2D eigenvalue weighted by molar-refractivity contribution is 7.98. The van der Waals surface area contributed by atoms with Gasteiger partial charge in [0.2, 0.25) is 11.0 Å². The van der Waals surface area contributed by atoms with Gasteiger partial charge in [-0.25, -0.2) is 4.79 Å². The number of rotatable bonds is 8. The fraction of sp³-hybridized carbons (Fsp3) is 0.273. The Kier molecular flexibility index (Phi) is 8.02. The molecule has 0 aliphatic heterocycles. The fourth-order valence-electron chi connectivity index (χ4n) is 2.84. The summed E-state index contributed by atoms with van der Waals surface area (Å²) in [6.07, 6.45) is 2.72. The number of thioether (sulfide) groups is 1. The van der Waals surface area contributed by atoms with E-state index in [0.29, 0.717) is 10.8 Å². The van der Waals surface area contributed by atoms with E-state index in [1.807, 2.05) is 74.7 Å². The van der Waals surface area contributed by atoms with Gasteiger partial charge in [0.05, 0.1) is 0 Å². The van der Waals surface area contributed by atoms with E-state index in [1.54, 1.807) is 11.8 Å². The van der Waals surface area contributed by atoms with Crippen molar-refractivity contribution in [1.29, 1.82) is 0 Å². The molecule has 7 nitrogen and oxygen atoms in total. The predicted octanol–water partition coefficient (Wildman–Crippen LogP) is 5.10. The number of urea groups is 1. The molecule has 1 aromatic heterocycles. The van der Waals surface area contributed by atoms with E-state index in [0.717, 1.165) is 21.9 Å². The Morgan fingerprint density at radius 3 is 2.39 bits per heavy atom. The van der Waals surface area contributed by atoms with Gasteiger partial charge in [-0.05, 0) is 36.4 Å². The zero-order valence-electron chi connectivity index (χ0n) is 17.6. The molecule has 0 saturated carbocycles. The predicted molar refractivity (Wildman–Crippen MR) is 128 cm³/mol. The lowest BCUT2D eigenvalue weighted by Gasteiger charge is -2.23. The number of anilines is 2. The molecule has 3 rings (SSSR count). The minimum absolute atomic E-state index is 0.0638. The van der Waals surface area contributed by atoms with Gasteiger partial charge in [0.1, 0.15) is 11.0 Å². The molecule has 0 bridgehead atoms. The quantitative estimate of drug-likeness (QED) is 0.411. The lowest BCUT2D eigenvalue weighted by atomic mass is 9.98. The normalized spacial score (nSPS) is 12.6. The summed E-state index contributed by atoms with van der Waals surface area (Å²) in [5, 5.41) is 17.7.